The predicted molar refractivity (Wildman–Crippen MR) is 78.5 cm³/mol. The van der Waals surface area contributed by atoms with Crippen LogP contribution in [-0.4, -0.2) is 47.6 Å². The van der Waals surface area contributed by atoms with E-state index in [0.717, 1.165) is 12.8 Å². The zero-order valence-electron chi connectivity index (χ0n) is 13.7. The number of hydrogen-bond donors (Lipinski definition) is 0. The second-order valence-electron chi connectivity index (χ2n) is 7.58. The van der Waals surface area contributed by atoms with Crippen molar-refractivity contribution in [1.82, 2.24) is 0 Å². The minimum Gasteiger partial charge on any atom is -0.462 e. The summed E-state index contributed by atoms with van der Waals surface area (Å²) in [6, 6.07) is 0. The van der Waals surface area contributed by atoms with Crippen molar-refractivity contribution < 1.29 is 28.5 Å². The number of rotatable bonds is 1. The molecule has 3 saturated heterocycles. The number of carbonyl (C=O) groups is 2. The first-order valence-electron chi connectivity index (χ1n) is 8.16. The van der Waals surface area contributed by atoms with Crippen LogP contribution in [0.3, 0.4) is 0 Å². The summed E-state index contributed by atoms with van der Waals surface area (Å²) in [7, 11) is 0. The van der Waals surface area contributed by atoms with E-state index in [2.05, 4.69) is 6.58 Å². The summed E-state index contributed by atoms with van der Waals surface area (Å²) in [5, 5.41) is 0. The van der Waals surface area contributed by atoms with Gasteiger partial charge in [-0.05, 0) is 26.7 Å². The predicted octanol–water partition coefficient (Wildman–Crippen LogP) is 1.51. The lowest BCUT2D eigenvalue weighted by molar-refractivity contribution is -0.151. The first kappa shape index (κ1) is 15.1. The summed E-state index contributed by atoms with van der Waals surface area (Å²) in [4.78, 5) is 23.6. The van der Waals surface area contributed by atoms with Crippen LogP contribution in [0.5, 0.6) is 0 Å². The molecule has 3 heterocycles. The van der Waals surface area contributed by atoms with E-state index >= 15 is 0 Å². The Morgan fingerprint density at radius 1 is 1.30 bits per heavy atom. The van der Waals surface area contributed by atoms with Crippen molar-refractivity contribution in [3.63, 3.8) is 0 Å². The molecule has 0 unspecified atom stereocenters. The number of hydrogen-bond acceptors (Lipinski definition) is 6. The molecule has 0 N–H and O–H groups in total. The molecule has 23 heavy (non-hydrogen) atoms. The first-order chi connectivity index (χ1) is 10.7. The van der Waals surface area contributed by atoms with Crippen LogP contribution in [0, 0.1) is 5.92 Å². The molecule has 0 aromatic carbocycles. The maximum Gasteiger partial charge on any atom is 0.334 e. The van der Waals surface area contributed by atoms with Gasteiger partial charge in [0.25, 0.3) is 0 Å². The highest BCUT2D eigenvalue weighted by molar-refractivity contribution is 5.91. The largest absolute Gasteiger partial charge is 0.462 e. The second-order valence-corrected chi connectivity index (χ2v) is 7.58. The fraction of sp³-hybridized carbons (Fsp3) is 0.765. The van der Waals surface area contributed by atoms with Crippen LogP contribution in [0.25, 0.3) is 0 Å². The fourth-order valence-corrected chi connectivity index (χ4v) is 4.27. The highest BCUT2D eigenvalue weighted by Crippen LogP contribution is 2.54. The van der Waals surface area contributed by atoms with Gasteiger partial charge in [0, 0.05) is 18.9 Å². The van der Waals surface area contributed by atoms with Gasteiger partial charge in [-0.1, -0.05) is 6.58 Å². The molecule has 0 bridgehead atoms. The first-order valence-corrected chi connectivity index (χ1v) is 8.16. The van der Waals surface area contributed by atoms with Crippen LogP contribution in [-0.2, 0) is 28.5 Å². The average molecular weight is 322 g/mol. The summed E-state index contributed by atoms with van der Waals surface area (Å²) >= 11 is 0. The second kappa shape index (κ2) is 4.57. The molecule has 126 valence electrons. The maximum atomic E-state index is 12.1. The highest BCUT2D eigenvalue weighted by Gasteiger charge is 2.66. The van der Waals surface area contributed by atoms with Crippen molar-refractivity contribution >= 4 is 11.9 Å². The van der Waals surface area contributed by atoms with Gasteiger partial charge in [0.2, 0.25) is 0 Å². The molecule has 4 aliphatic rings. The Hall–Kier alpha value is -1.40. The maximum absolute atomic E-state index is 12.1. The molecule has 4 rings (SSSR count). The minimum atomic E-state index is -0.488. The van der Waals surface area contributed by atoms with Gasteiger partial charge in [-0.15, -0.1) is 0 Å². The molecule has 6 nitrogen and oxygen atoms in total. The Balaban J connectivity index is 1.69. The SMILES string of the molecule is C=C1C(=O)O[C@H]2[C@H]1[C@H](OC(C)=O)C[C@@]1(C)O[C@@H]1CC[C@]1(C)O[C@H]21. The van der Waals surface area contributed by atoms with Crippen molar-refractivity contribution in [2.75, 3.05) is 0 Å². The Morgan fingerprint density at radius 3 is 2.74 bits per heavy atom. The minimum absolute atomic E-state index is 0.144. The van der Waals surface area contributed by atoms with Crippen molar-refractivity contribution in [2.24, 2.45) is 5.92 Å². The van der Waals surface area contributed by atoms with E-state index in [1.807, 2.05) is 13.8 Å². The normalized spacial score (nSPS) is 51.0. The van der Waals surface area contributed by atoms with Crippen LogP contribution in [0.2, 0.25) is 0 Å². The van der Waals surface area contributed by atoms with Gasteiger partial charge >= 0.3 is 11.9 Å². The van der Waals surface area contributed by atoms with Gasteiger partial charge in [-0.2, -0.15) is 0 Å². The molecule has 0 spiro atoms. The molecule has 6 heteroatoms. The summed E-state index contributed by atoms with van der Waals surface area (Å²) < 4.78 is 22.8. The fourth-order valence-electron chi connectivity index (χ4n) is 4.27. The van der Waals surface area contributed by atoms with Crippen LogP contribution >= 0.6 is 0 Å². The Morgan fingerprint density at radius 2 is 2.04 bits per heavy atom. The third-order valence-electron chi connectivity index (χ3n) is 5.76. The van der Waals surface area contributed by atoms with E-state index in [4.69, 9.17) is 18.9 Å². The zero-order chi connectivity index (χ0) is 16.6. The van der Waals surface area contributed by atoms with Crippen LogP contribution in [0.1, 0.15) is 40.0 Å². The summed E-state index contributed by atoms with van der Waals surface area (Å²) in [5.41, 5.74) is -0.270. The average Bonchev–Trinajstić information content (AvgIpc) is 3.27. The van der Waals surface area contributed by atoms with Crippen LogP contribution < -0.4 is 0 Å². The van der Waals surface area contributed by atoms with E-state index in [9.17, 15) is 9.59 Å². The lowest BCUT2D eigenvalue weighted by Gasteiger charge is -2.28. The zero-order valence-corrected chi connectivity index (χ0v) is 13.7. The van der Waals surface area contributed by atoms with Crippen molar-refractivity contribution in [1.29, 1.82) is 0 Å². The van der Waals surface area contributed by atoms with Gasteiger partial charge in [-0.25, -0.2) is 4.79 Å². The van der Waals surface area contributed by atoms with Crippen molar-refractivity contribution in [2.45, 2.75) is 75.7 Å². The molecule has 1 aliphatic carbocycles. The summed E-state index contributed by atoms with van der Waals surface area (Å²) in [6.45, 7) is 9.31. The Labute approximate surface area is 135 Å². The lowest BCUT2D eigenvalue weighted by atomic mass is 9.79. The molecule has 4 fully saturated rings. The third kappa shape index (κ3) is 2.31. The van der Waals surface area contributed by atoms with Gasteiger partial charge in [0.15, 0.2) is 0 Å². The van der Waals surface area contributed by atoms with Gasteiger partial charge in [0.05, 0.1) is 23.2 Å². The molecule has 0 aromatic rings. The molecular formula is C17H22O6. The van der Waals surface area contributed by atoms with E-state index in [0.29, 0.717) is 12.0 Å². The standard InChI is InChI=1S/C17H22O6/c1-8-12-10(20-9(2)18)7-17(4)11(22-17)5-6-16(3)14(23-16)13(12)21-15(8)19/h10-14H,1,5-7H2,2-4H3/t10-,11-,12-,13+,14-,16+,17-/m1/s1. The Bertz CT molecular complexity index is 600. The molecule has 7 atom stereocenters. The van der Waals surface area contributed by atoms with E-state index in [1.54, 1.807) is 0 Å². The number of epoxide rings is 2. The molecule has 3 aliphatic heterocycles. The Kier molecular flexibility index (Phi) is 3.01. The lowest BCUT2D eigenvalue weighted by Crippen LogP contribution is -2.40. The quantitative estimate of drug-likeness (QED) is 0.414. The van der Waals surface area contributed by atoms with Crippen LogP contribution in [0.15, 0.2) is 12.2 Å². The molecule has 0 amide bonds. The number of ether oxygens (including phenoxy) is 4. The smallest absolute Gasteiger partial charge is 0.334 e. The summed E-state index contributed by atoms with van der Waals surface area (Å²) in [5.74, 6) is -1.18. The third-order valence-corrected chi connectivity index (χ3v) is 5.76. The van der Waals surface area contributed by atoms with E-state index < -0.39 is 18.2 Å². The van der Waals surface area contributed by atoms with Gasteiger partial charge in [-0.3, -0.25) is 4.79 Å². The number of fused-ring (bicyclic) bond motifs is 4. The van der Waals surface area contributed by atoms with Gasteiger partial charge < -0.3 is 18.9 Å². The highest BCUT2D eigenvalue weighted by atomic mass is 16.7. The number of esters is 2. The summed E-state index contributed by atoms with van der Waals surface area (Å²) in [6.07, 6.45) is 1.34. The van der Waals surface area contributed by atoms with Crippen LogP contribution in [0.4, 0.5) is 0 Å². The van der Waals surface area contributed by atoms with E-state index in [-0.39, 0.29) is 35.3 Å². The molecule has 0 radical (unpaired) electrons. The van der Waals surface area contributed by atoms with Crippen molar-refractivity contribution in [3.8, 4) is 0 Å². The van der Waals surface area contributed by atoms with Crippen molar-refractivity contribution in [3.05, 3.63) is 12.2 Å². The number of carbonyl (C=O) groups excluding carboxylic acids is 2. The van der Waals surface area contributed by atoms with E-state index in [1.165, 1.54) is 6.92 Å². The van der Waals surface area contributed by atoms with Gasteiger partial charge in [0.1, 0.15) is 18.3 Å². The molecule has 1 saturated carbocycles. The topological polar surface area (TPSA) is 77.7 Å². The monoisotopic (exact) mass is 322 g/mol. The molecular weight excluding hydrogens is 300 g/mol. The molecule has 0 aromatic heterocycles.